The number of hydrogen-bond acceptors (Lipinski definition) is 5. The van der Waals surface area contributed by atoms with Gasteiger partial charge in [-0.25, -0.2) is 4.79 Å². The van der Waals surface area contributed by atoms with Gasteiger partial charge < -0.3 is 15.0 Å². The quantitative estimate of drug-likeness (QED) is 0.820. The molecule has 2 aromatic rings. The van der Waals surface area contributed by atoms with Crippen LogP contribution in [0.3, 0.4) is 0 Å². The third-order valence-electron chi connectivity index (χ3n) is 3.73. The molecule has 1 N–H and O–H groups in total. The predicted octanol–water partition coefficient (Wildman–Crippen LogP) is 3.80. The molecule has 1 aliphatic rings. The number of amides is 1. The molecule has 0 atom stereocenters. The maximum absolute atomic E-state index is 11.9. The number of ether oxygens (including phenoxy) is 1. The number of hydrogen-bond donors (Lipinski definition) is 1. The molecule has 0 saturated carbocycles. The van der Waals surface area contributed by atoms with Gasteiger partial charge in [0.15, 0.2) is 6.61 Å². The molecule has 24 heavy (non-hydrogen) atoms. The zero-order valence-corrected chi connectivity index (χ0v) is 14.5. The Morgan fingerprint density at radius 2 is 1.83 bits per heavy atom. The number of anilines is 2. The minimum atomic E-state index is -0.550. The second kappa shape index (κ2) is 7.68. The lowest BCUT2D eigenvalue weighted by Crippen LogP contribution is -2.21. The number of rotatable bonds is 5. The van der Waals surface area contributed by atoms with Crippen LogP contribution in [-0.2, 0) is 9.53 Å². The van der Waals surface area contributed by atoms with Gasteiger partial charge in [0.25, 0.3) is 5.91 Å². The molecule has 0 bridgehead atoms. The molecule has 1 aliphatic heterocycles. The lowest BCUT2D eigenvalue weighted by atomic mass is 10.2. The average Bonchev–Trinajstić information content (AvgIpc) is 3.25. The molecule has 0 aliphatic carbocycles. The van der Waals surface area contributed by atoms with E-state index in [1.807, 2.05) is 24.3 Å². The second-order valence-corrected chi connectivity index (χ2v) is 7.18. The highest BCUT2D eigenvalue weighted by Crippen LogP contribution is 2.23. The summed E-state index contributed by atoms with van der Waals surface area (Å²) in [5.41, 5.74) is 1.84. The van der Waals surface area contributed by atoms with E-state index < -0.39 is 5.97 Å². The largest absolute Gasteiger partial charge is 0.451 e. The van der Waals surface area contributed by atoms with E-state index in [-0.39, 0.29) is 12.5 Å². The fraction of sp³-hybridized carbons (Fsp3) is 0.294. The third kappa shape index (κ3) is 4.27. The van der Waals surface area contributed by atoms with Gasteiger partial charge in [-0.1, -0.05) is 11.6 Å². The highest BCUT2D eigenvalue weighted by atomic mass is 35.5. The summed E-state index contributed by atoms with van der Waals surface area (Å²) in [6, 6.07) is 10.9. The first kappa shape index (κ1) is 16.8. The number of benzene rings is 1. The SMILES string of the molecule is O=C(COC(=O)c1ccc(Cl)s1)Nc1ccc(N2CCCC2)cc1. The van der Waals surface area contributed by atoms with E-state index in [0.717, 1.165) is 30.1 Å². The number of thiophene rings is 1. The zero-order chi connectivity index (χ0) is 16.9. The average molecular weight is 365 g/mol. The van der Waals surface area contributed by atoms with Crippen LogP contribution in [0, 0.1) is 0 Å². The van der Waals surface area contributed by atoms with Crippen molar-refractivity contribution in [2.75, 3.05) is 29.9 Å². The fourth-order valence-corrected chi connectivity index (χ4v) is 3.49. The van der Waals surface area contributed by atoms with Crippen LogP contribution in [0.5, 0.6) is 0 Å². The summed E-state index contributed by atoms with van der Waals surface area (Å²) in [5, 5.41) is 2.71. The van der Waals surface area contributed by atoms with Crippen molar-refractivity contribution in [2.24, 2.45) is 0 Å². The molecule has 0 spiro atoms. The van der Waals surface area contributed by atoms with Crippen molar-refractivity contribution in [3.05, 3.63) is 45.6 Å². The lowest BCUT2D eigenvalue weighted by Gasteiger charge is -2.17. The Hall–Kier alpha value is -2.05. The molecule has 1 fully saturated rings. The molecule has 7 heteroatoms. The summed E-state index contributed by atoms with van der Waals surface area (Å²) in [4.78, 5) is 26.3. The van der Waals surface area contributed by atoms with Crippen LogP contribution in [-0.4, -0.2) is 31.6 Å². The number of nitrogens with one attached hydrogen (secondary N) is 1. The van der Waals surface area contributed by atoms with Crippen LogP contribution < -0.4 is 10.2 Å². The van der Waals surface area contributed by atoms with Gasteiger partial charge in [0.05, 0.1) is 4.34 Å². The summed E-state index contributed by atoms with van der Waals surface area (Å²) in [5.74, 6) is -0.925. The van der Waals surface area contributed by atoms with Crippen molar-refractivity contribution in [3.63, 3.8) is 0 Å². The van der Waals surface area contributed by atoms with Crippen molar-refractivity contribution in [1.82, 2.24) is 0 Å². The first-order valence-electron chi connectivity index (χ1n) is 7.69. The Bertz CT molecular complexity index is 724. The molecule has 2 heterocycles. The zero-order valence-electron chi connectivity index (χ0n) is 13.0. The van der Waals surface area contributed by atoms with Crippen molar-refractivity contribution in [3.8, 4) is 0 Å². The predicted molar refractivity (Wildman–Crippen MR) is 96.1 cm³/mol. The van der Waals surface area contributed by atoms with Gasteiger partial charge in [-0.3, -0.25) is 4.79 Å². The number of nitrogens with zero attached hydrogens (tertiary/aromatic N) is 1. The number of carbonyl (C=O) groups excluding carboxylic acids is 2. The van der Waals surface area contributed by atoms with Gasteiger partial charge in [0.2, 0.25) is 0 Å². The van der Waals surface area contributed by atoms with Crippen LogP contribution in [0.2, 0.25) is 4.34 Å². The van der Waals surface area contributed by atoms with Crippen molar-refractivity contribution in [1.29, 1.82) is 0 Å². The lowest BCUT2D eigenvalue weighted by molar-refractivity contribution is -0.119. The van der Waals surface area contributed by atoms with Crippen molar-refractivity contribution in [2.45, 2.75) is 12.8 Å². The van der Waals surface area contributed by atoms with E-state index in [9.17, 15) is 9.59 Å². The molecule has 1 aromatic carbocycles. The molecule has 3 rings (SSSR count). The first-order valence-corrected chi connectivity index (χ1v) is 8.88. The minimum Gasteiger partial charge on any atom is -0.451 e. The van der Waals surface area contributed by atoms with Crippen molar-refractivity contribution >= 4 is 46.2 Å². The Morgan fingerprint density at radius 3 is 2.46 bits per heavy atom. The van der Waals surface area contributed by atoms with Gasteiger partial charge in [-0.05, 0) is 49.2 Å². The van der Waals surface area contributed by atoms with Gasteiger partial charge in [0, 0.05) is 24.5 Å². The van der Waals surface area contributed by atoms with Gasteiger partial charge in [0.1, 0.15) is 4.88 Å². The van der Waals surface area contributed by atoms with Gasteiger partial charge >= 0.3 is 5.97 Å². The fourth-order valence-electron chi connectivity index (χ4n) is 2.55. The third-order valence-corrected chi connectivity index (χ3v) is 4.94. The van der Waals surface area contributed by atoms with Crippen molar-refractivity contribution < 1.29 is 14.3 Å². The van der Waals surface area contributed by atoms with Crippen LogP contribution >= 0.6 is 22.9 Å². The Kier molecular flexibility index (Phi) is 5.37. The molecule has 5 nitrogen and oxygen atoms in total. The molecular weight excluding hydrogens is 348 g/mol. The van der Waals surface area contributed by atoms with Gasteiger partial charge in [-0.15, -0.1) is 11.3 Å². The molecule has 0 radical (unpaired) electrons. The summed E-state index contributed by atoms with van der Waals surface area (Å²) < 4.78 is 5.48. The molecular formula is C17H17ClN2O3S. The van der Waals surface area contributed by atoms with Crippen LogP contribution in [0.15, 0.2) is 36.4 Å². The van der Waals surface area contributed by atoms with E-state index >= 15 is 0 Å². The highest BCUT2D eigenvalue weighted by Gasteiger charge is 2.14. The Balaban J connectivity index is 1.48. The molecule has 0 unspecified atom stereocenters. The summed E-state index contributed by atoms with van der Waals surface area (Å²) in [7, 11) is 0. The van der Waals surface area contributed by atoms with E-state index in [4.69, 9.17) is 16.3 Å². The maximum atomic E-state index is 11.9. The minimum absolute atomic E-state index is 0.331. The summed E-state index contributed by atoms with van der Waals surface area (Å²) in [6.07, 6.45) is 2.44. The molecule has 1 aromatic heterocycles. The molecule has 126 valence electrons. The Labute approximate surface area is 149 Å². The van der Waals surface area contributed by atoms with Crippen LogP contribution in [0.4, 0.5) is 11.4 Å². The first-order chi connectivity index (χ1) is 11.6. The number of carbonyl (C=O) groups is 2. The number of halogens is 1. The summed E-state index contributed by atoms with van der Waals surface area (Å²) >= 11 is 6.88. The standard InChI is InChI=1S/C17H17ClN2O3S/c18-15-8-7-14(24-15)17(22)23-11-16(21)19-12-3-5-13(6-4-12)20-9-1-2-10-20/h3-8H,1-2,9-11H2,(H,19,21). The van der Waals surface area contributed by atoms with E-state index in [0.29, 0.717) is 14.9 Å². The molecule has 1 saturated heterocycles. The van der Waals surface area contributed by atoms with Crippen LogP contribution in [0.25, 0.3) is 0 Å². The van der Waals surface area contributed by atoms with E-state index in [2.05, 4.69) is 10.2 Å². The number of esters is 1. The highest BCUT2D eigenvalue weighted by molar-refractivity contribution is 7.17. The van der Waals surface area contributed by atoms with E-state index in [1.54, 1.807) is 12.1 Å². The Morgan fingerprint density at radius 1 is 1.12 bits per heavy atom. The molecule has 1 amide bonds. The normalized spacial score (nSPS) is 13.8. The second-order valence-electron chi connectivity index (χ2n) is 5.47. The van der Waals surface area contributed by atoms with Crippen LogP contribution in [0.1, 0.15) is 22.5 Å². The van der Waals surface area contributed by atoms with E-state index in [1.165, 1.54) is 12.8 Å². The topological polar surface area (TPSA) is 58.6 Å². The monoisotopic (exact) mass is 364 g/mol. The summed E-state index contributed by atoms with van der Waals surface area (Å²) in [6.45, 7) is 1.82. The maximum Gasteiger partial charge on any atom is 0.348 e. The van der Waals surface area contributed by atoms with Gasteiger partial charge in [-0.2, -0.15) is 0 Å². The smallest absolute Gasteiger partial charge is 0.348 e.